The third kappa shape index (κ3) is 4.07. The van der Waals surface area contributed by atoms with Crippen LogP contribution < -0.4 is 0 Å². The zero-order valence-electron chi connectivity index (χ0n) is 15.9. The van der Waals surface area contributed by atoms with Gasteiger partial charge in [-0.05, 0) is 37.6 Å². The van der Waals surface area contributed by atoms with Gasteiger partial charge in [-0.3, -0.25) is 9.59 Å². The lowest BCUT2D eigenvalue weighted by molar-refractivity contribution is 0.0704. The largest absolute Gasteiger partial charge is 0.383 e. The molecule has 1 aromatic carbocycles. The first kappa shape index (κ1) is 18.9. The fraction of sp³-hybridized carbons (Fsp3) is 0.600. The first-order valence-corrected chi connectivity index (χ1v) is 9.49. The SMILES string of the molecule is COCCN1Cc2cccc(C(=O)N(C)CCN3CCCCC3)c2C1=O. The van der Waals surface area contributed by atoms with E-state index in [1.165, 1.54) is 19.3 Å². The highest BCUT2D eigenvalue weighted by Crippen LogP contribution is 2.26. The predicted octanol–water partition coefficient (Wildman–Crippen LogP) is 1.85. The van der Waals surface area contributed by atoms with Crippen LogP contribution in [0.5, 0.6) is 0 Å². The van der Waals surface area contributed by atoms with Gasteiger partial charge in [0.05, 0.1) is 17.7 Å². The Hall–Kier alpha value is -1.92. The summed E-state index contributed by atoms with van der Waals surface area (Å²) in [5.74, 6) is -0.133. The molecule has 6 nitrogen and oxygen atoms in total. The van der Waals surface area contributed by atoms with Crippen molar-refractivity contribution in [2.45, 2.75) is 25.8 Å². The minimum atomic E-state index is -0.0687. The number of nitrogens with zero attached hydrogens (tertiary/aromatic N) is 3. The average molecular weight is 359 g/mol. The molecule has 3 rings (SSSR count). The van der Waals surface area contributed by atoms with Crippen LogP contribution in [0.4, 0.5) is 0 Å². The molecule has 2 aliphatic rings. The summed E-state index contributed by atoms with van der Waals surface area (Å²) < 4.78 is 5.08. The molecule has 142 valence electrons. The molecule has 0 spiro atoms. The summed E-state index contributed by atoms with van der Waals surface area (Å²) in [5.41, 5.74) is 2.02. The van der Waals surface area contributed by atoms with Gasteiger partial charge in [-0.15, -0.1) is 0 Å². The van der Waals surface area contributed by atoms with Crippen LogP contribution in [-0.4, -0.2) is 80.0 Å². The molecule has 2 amide bonds. The number of piperidine rings is 1. The van der Waals surface area contributed by atoms with Crippen LogP contribution in [0.1, 0.15) is 45.5 Å². The Balaban J connectivity index is 1.67. The lowest BCUT2D eigenvalue weighted by atomic mass is 10.0. The summed E-state index contributed by atoms with van der Waals surface area (Å²) in [4.78, 5) is 31.6. The molecule has 2 aliphatic heterocycles. The average Bonchev–Trinajstić information content (AvgIpc) is 3.00. The number of benzene rings is 1. The van der Waals surface area contributed by atoms with E-state index >= 15 is 0 Å². The van der Waals surface area contributed by atoms with Gasteiger partial charge in [0.25, 0.3) is 11.8 Å². The molecule has 0 bridgehead atoms. The molecule has 0 radical (unpaired) electrons. The first-order chi connectivity index (χ1) is 12.6. The van der Waals surface area contributed by atoms with E-state index in [-0.39, 0.29) is 11.8 Å². The smallest absolute Gasteiger partial charge is 0.255 e. The molecule has 2 heterocycles. The van der Waals surface area contributed by atoms with Gasteiger partial charge in [-0.25, -0.2) is 0 Å². The van der Waals surface area contributed by atoms with Crippen LogP contribution in [0.3, 0.4) is 0 Å². The Morgan fingerprint density at radius 3 is 2.69 bits per heavy atom. The Morgan fingerprint density at radius 2 is 1.96 bits per heavy atom. The third-order valence-electron chi connectivity index (χ3n) is 5.36. The van der Waals surface area contributed by atoms with Crippen LogP contribution in [0.15, 0.2) is 18.2 Å². The molecule has 0 aliphatic carbocycles. The van der Waals surface area contributed by atoms with Crippen LogP contribution in [0.2, 0.25) is 0 Å². The van der Waals surface area contributed by atoms with Crippen molar-refractivity contribution < 1.29 is 14.3 Å². The molecule has 6 heteroatoms. The highest BCUT2D eigenvalue weighted by molar-refractivity contribution is 6.09. The lowest BCUT2D eigenvalue weighted by Gasteiger charge is -2.28. The Bertz CT molecular complexity index is 656. The van der Waals surface area contributed by atoms with Crippen molar-refractivity contribution in [3.8, 4) is 0 Å². The van der Waals surface area contributed by atoms with Crippen molar-refractivity contribution in [2.75, 3.05) is 53.5 Å². The van der Waals surface area contributed by atoms with E-state index in [0.717, 1.165) is 25.2 Å². The minimum Gasteiger partial charge on any atom is -0.383 e. The van der Waals surface area contributed by atoms with Gasteiger partial charge in [-0.1, -0.05) is 18.6 Å². The van der Waals surface area contributed by atoms with Crippen molar-refractivity contribution >= 4 is 11.8 Å². The normalized spacial score (nSPS) is 17.5. The molecule has 1 fully saturated rings. The third-order valence-corrected chi connectivity index (χ3v) is 5.36. The van der Waals surface area contributed by atoms with E-state index in [2.05, 4.69) is 4.90 Å². The van der Waals surface area contributed by atoms with Crippen molar-refractivity contribution in [3.05, 3.63) is 34.9 Å². The monoisotopic (exact) mass is 359 g/mol. The Labute approximate surface area is 155 Å². The zero-order valence-corrected chi connectivity index (χ0v) is 15.9. The number of rotatable bonds is 7. The zero-order chi connectivity index (χ0) is 18.5. The number of likely N-dealkylation sites (tertiary alicyclic amines) is 1. The molecular weight excluding hydrogens is 330 g/mol. The van der Waals surface area contributed by atoms with Gasteiger partial charge < -0.3 is 19.4 Å². The van der Waals surface area contributed by atoms with Gasteiger partial charge in [0, 0.05) is 40.3 Å². The topological polar surface area (TPSA) is 53.1 Å². The van der Waals surface area contributed by atoms with E-state index in [0.29, 0.717) is 37.4 Å². The van der Waals surface area contributed by atoms with Crippen LogP contribution >= 0.6 is 0 Å². The van der Waals surface area contributed by atoms with Gasteiger partial charge >= 0.3 is 0 Å². The second-order valence-corrected chi connectivity index (χ2v) is 7.19. The quantitative estimate of drug-likeness (QED) is 0.746. The number of methoxy groups -OCH3 is 1. The van der Waals surface area contributed by atoms with E-state index in [9.17, 15) is 9.59 Å². The van der Waals surface area contributed by atoms with E-state index in [4.69, 9.17) is 4.74 Å². The number of likely N-dealkylation sites (N-methyl/N-ethyl adjacent to an activating group) is 1. The number of amides is 2. The molecular formula is C20H29N3O3. The summed E-state index contributed by atoms with van der Waals surface area (Å²) in [5, 5.41) is 0. The number of ether oxygens (including phenoxy) is 1. The number of hydrogen-bond donors (Lipinski definition) is 0. The molecule has 0 saturated carbocycles. The molecule has 26 heavy (non-hydrogen) atoms. The molecule has 0 N–H and O–H groups in total. The number of carbonyl (C=O) groups is 2. The number of hydrogen-bond acceptors (Lipinski definition) is 4. The second-order valence-electron chi connectivity index (χ2n) is 7.19. The maximum absolute atomic E-state index is 13.0. The highest BCUT2D eigenvalue weighted by atomic mass is 16.5. The van der Waals surface area contributed by atoms with Crippen molar-refractivity contribution in [1.82, 2.24) is 14.7 Å². The Morgan fingerprint density at radius 1 is 1.19 bits per heavy atom. The summed E-state index contributed by atoms with van der Waals surface area (Å²) in [6.45, 7) is 5.41. The predicted molar refractivity (Wildman–Crippen MR) is 100 cm³/mol. The minimum absolute atomic E-state index is 0.0644. The Kier molecular flexibility index (Phi) is 6.27. The highest BCUT2D eigenvalue weighted by Gasteiger charge is 2.32. The van der Waals surface area contributed by atoms with E-state index in [1.807, 2.05) is 19.2 Å². The molecule has 0 unspecified atom stereocenters. The van der Waals surface area contributed by atoms with Gasteiger partial charge in [0.2, 0.25) is 0 Å². The standard InChI is InChI=1S/C20H29N3O3/c1-21(11-12-22-9-4-3-5-10-22)19(24)17-8-6-7-16-15-23(13-14-26-2)20(25)18(16)17/h6-8H,3-5,9-15H2,1-2H3. The molecule has 0 atom stereocenters. The second kappa shape index (κ2) is 8.64. The molecule has 0 aromatic heterocycles. The van der Waals surface area contributed by atoms with Crippen molar-refractivity contribution in [1.29, 1.82) is 0 Å². The number of fused-ring (bicyclic) bond motifs is 1. The number of carbonyl (C=O) groups excluding carboxylic acids is 2. The summed E-state index contributed by atoms with van der Waals surface area (Å²) in [6.07, 6.45) is 3.80. The lowest BCUT2D eigenvalue weighted by Crippen LogP contribution is -2.39. The van der Waals surface area contributed by atoms with Gasteiger partial charge in [-0.2, -0.15) is 0 Å². The van der Waals surface area contributed by atoms with E-state index < -0.39 is 0 Å². The molecule has 1 saturated heterocycles. The maximum atomic E-state index is 13.0. The van der Waals surface area contributed by atoms with Crippen LogP contribution in [-0.2, 0) is 11.3 Å². The summed E-state index contributed by atoms with van der Waals surface area (Å²) >= 11 is 0. The van der Waals surface area contributed by atoms with Gasteiger partial charge in [0.15, 0.2) is 0 Å². The fourth-order valence-electron chi connectivity index (χ4n) is 3.76. The fourth-order valence-corrected chi connectivity index (χ4v) is 3.76. The maximum Gasteiger partial charge on any atom is 0.255 e. The summed E-state index contributed by atoms with van der Waals surface area (Å²) in [6, 6.07) is 5.58. The van der Waals surface area contributed by atoms with Crippen LogP contribution in [0, 0.1) is 0 Å². The summed E-state index contributed by atoms with van der Waals surface area (Å²) in [7, 11) is 3.45. The van der Waals surface area contributed by atoms with Crippen molar-refractivity contribution in [2.24, 2.45) is 0 Å². The van der Waals surface area contributed by atoms with Crippen LogP contribution in [0.25, 0.3) is 0 Å². The first-order valence-electron chi connectivity index (χ1n) is 9.49. The molecule has 1 aromatic rings. The van der Waals surface area contributed by atoms with Crippen molar-refractivity contribution in [3.63, 3.8) is 0 Å². The van der Waals surface area contributed by atoms with E-state index in [1.54, 1.807) is 23.0 Å². The van der Waals surface area contributed by atoms with Gasteiger partial charge in [0.1, 0.15) is 0 Å².